The molecule has 11 heterocycles. The molecule has 0 bridgehead atoms. The van der Waals surface area contributed by atoms with E-state index in [0.29, 0.717) is 19.8 Å². The molecular formula is C126H102BCuN12O3P2Pt+3. The molecule has 1 unspecified atom stereocenters. The van der Waals surface area contributed by atoms with E-state index in [2.05, 4.69) is 431 Å². The van der Waals surface area contributed by atoms with Gasteiger partial charge in [0.1, 0.15) is 60.4 Å². The van der Waals surface area contributed by atoms with E-state index in [1.54, 1.807) is 42.7 Å². The van der Waals surface area contributed by atoms with Gasteiger partial charge < -0.3 is 36.3 Å². The van der Waals surface area contributed by atoms with Crippen molar-refractivity contribution in [2.24, 2.45) is 4.99 Å². The number of ketones is 1. The number of aromatic nitrogens is 8. The van der Waals surface area contributed by atoms with Gasteiger partial charge in [-0.2, -0.15) is 13.4 Å². The number of benzene rings is 16. The molecule has 715 valence electrons. The number of hydrogen-bond donors (Lipinski definition) is 3. The number of aliphatic hydroxyl groups excluding tert-OH is 1. The van der Waals surface area contributed by atoms with Gasteiger partial charge in [0.25, 0.3) is 17.1 Å². The molecule has 0 saturated heterocycles. The topological polar surface area (TPSA) is 170 Å². The maximum atomic E-state index is 10.0. The number of pyridine rings is 4. The molecule has 27 rings (SSSR count). The third-order valence-corrected chi connectivity index (χ3v) is 29.4. The van der Waals surface area contributed by atoms with Crippen molar-refractivity contribution in [3.8, 4) is 39.8 Å². The van der Waals surface area contributed by atoms with Crippen molar-refractivity contribution in [3.63, 3.8) is 0 Å². The van der Waals surface area contributed by atoms with Crippen molar-refractivity contribution >= 4 is 150 Å². The number of fused-ring (bicyclic) bond motifs is 15. The number of hydrogen-bond acceptors (Lipinski definition) is 7. The Morgan fingerprint density at radius 3 is 1.74 bits per heavy atom. The van der Waals surface area contributed by atoms with Gasteiger partial charge in [0.05, 0.1) is 34.0 Å². The maximum Gasteiger partial charge on any atom is 1.00 e. The first-order valence-corrected chi connectivity index (χ1v) is 50.5. The van der Waals surface area contributed by atoms with E-state index in [9.17, 15) is 4.79 Å². The van der Waals surface area contributed by atoms with Crippen LogP contribution in [0.3, 0.4) is 0 Å². The SMILES string of the molecule is CC(=O)/C=C(/C)O.N=C(N=C([NH-])c1ccccn1)c1ccccc1.[B]1/C=C\C=C/NCc2ccccc21.[Cu+].[Pt].[c-]1ccccc1-c1ccccn1.c1cc2c3c(c1)c1ccccc1n1c4ccccc4[n+](c31)C2.c1cc2c3c(c1)ccn1c4ccccc4[n+](c31)C2.c1ccc(-n2c3[n+](c4ccccc42)Cc2ccccc2-3)cc1.c1ccc(Pc2ccccc2Oc2ccccc2[PH+](c2ccccc2)c2ccccc2)cc1. The van der Waals surface area contributed by atoms with Crippen LogP contribution in [0.1, 0.15) is 47.4 Å². The fourth-order valence-corrected chi connectivity index (χ4v) is 22.8. The van der Waals surface area contributed by atoms with Crippen LogP contribution >= 0.6 is 16.5 Å². The van der Waals surface area contributed by atoms with Gasteiger partial charge in [-0.3, -0.25) is 9.78 Å². The minimum absolute atomic E-state index is 0. The number of rotatable bonds is 12. The fourth-order valence-electron chi connectivity index (χ4n) is 19.0. The smallest absolute Gasteiger partial charge is 0.512 e. The van der Waals surface area contributed by atoms with Gasteiger partial charge in [0.2, 0.25) is 0 Å². The minimum Gasteiger partial charge on any atom is -0.512 e. The van der Waals surface area contributed by atoms with Gasteiger partial charge in [0.15, 0.2) is 51.9 Å². The monoisotopic (exact) mass is 2160 g/mol. The molecule has 20 heteroatoms. The molecule has 15 nitrogen and oxygen atoms in total. The number of nitrogens with one attached hydrogen (secondary N) is 3. The van der Waals surface area contributed by atoms with Crippen LogP contribution in [0.5, 0.6) is 11.5 Å². The molecule has 4 N–H and O–H groups in total. The first kappa shape index (κ1) is 99.7. The number of carbonyl (C=O) groups is 1. The van der Waals surface area contributed by atoms with E-state index in [-0.39, 0.29) is 61.3 Å². The predicted octanol–water partition coefficient (Wildman–Crippen LogP) is 24.1. The first-order chi connectivity index (χ1) is 71.0. The summed E-state index contributed by atoms with van der Waals surface area (Å²) in [5.74, 6) is 5.21. The first-order valence-electron chi connectivity index (χ1n) is 48.0. The molecule has 146 heavy (non-hydrogen) atoms. The van der Waals surface area contributed by atoms with Gasteiger partial charge in [0, 0.05) is 84.7 Å². The molecule has 0 amide bonds. The summed E-state index contributed by atoms with van der Waals surface area (Å²) < 4.78 is 21.1. The third kappa shape index (κ3) is 22.3. The molecule has 0 saturated carbocycles. The van der Waals surface area contributed by atoms with Crippen molar-refractivity contribution in [2.45, 2.75) is 40.0 Å². The van der Waals surface area contributed by atoms with Gasteiger partial charge in [-0.25, -0.2) is 13.7 Å². The molecule has 7 aromatic heterocycles. The van der Waals surface area contributed by atoms with Crippen molar-refractivity contribution in [3.05, 3.63) is 549 Å². The summed E-state index contributed by atoms with van der Waals surface area (Å²) in [7, 11) is 1.46. The molecule has 23 aromatic rings. The van der Waals surface area contributed by atoms with Crippen LogP contribution < -0.4 is 55.7 Å². The average Bonchev–Trinajstić information content (AvgIpc) is 1.54. The number of aliphatic imine (C=N–C) groups is 1. The maximum absolute atomic E-state index is 10.0. The average molecular weight is 2160 g/mol. The summed E-state index contributed by atoms with van der Waals surface area (Å²) in [4.78, 5) is 22.2. The number of allylic oxidation sites excluding steroid dienone is 4. The quantitative estimate of drug-likeness (QED) is 0.0127. The van der Waals surface area contributed by atoms with Gasteiger partial charge in [-0.05, 0) is 187 Å². The summed E-state index contributed by atoms with van der Waals surface area (Å²) in [5.41, 5.74) is 32.1. The standard InChI is InChI=1S/C30H24OP2.C20H13N2.C20H15N2.C16H11N2.C13H11N4.C11H11BN.C11H8N.C5H8O2.Cu.Pt/c1-4-14-24(15-5-1)32-29-22-12-10-20-27(29)31-28-21-11-13-23-30(28)33(25-16-6-2-7-17-25)26-18-8-3-9-19-26;1-2-9-16-14(7-1)15-8-5-6-13-12-21-17-10-3-4-11-18(17)22(16)20(21)19(13)15;1-2-9-16(10-3-1)22-19-13-7-6-12-18(19)21-14-15-8-4-5-11-17(15)20(21)22;1-2-7-14-13(6-1)17-9-8-11-4-3-5-12-10-18(14)16(17)15(11)12;14-12(10-6-2-1-3-7-10)17-13(15)11-8-4-5-9-16-11;1-2-6-11-10(5-1)9-13-8-4-3-7-12-11;1-2-6-10(7-3-1)11-8-4-5-9-12-11;1-4(6)3-5(2)7;;/h1-23,32H;1-11H,12H2;1-13H,14H2;1-9H,10H2;1-9H,(H2-,14,15,17);1-8,13H,9H2;1-6,8-9H;3,6H,1-2H3;;/q;3*+1;-1;;-1;;+1;/p+1/b;;;;;7-3-,8-4-;;4-3-;;. The second kappa shape index (κ2) is 47.6. The molecule has 1 atom stereocenters. The van der Waals surface area contributed by atoms with Crippen LogP contribution in [0.15, 0.2) is 509 Å². The fraction of sp³-hybridized carbons (Fsp3) is 0.0476. The normalized spacial score (nSPS) is 12.4. The van der Waals surface area contributed by atoms with Gasteiger partial charge in [-0.1, -0.05) is 317 Å². The predicted molar refractivity (Wildman–Crippen MR) is 597 cm³/mol. The molecule has 1 radical (unpaired) electrons. The Hall–Kier alpha value is -16.5. The second-order valence-corrected chi connectivity index (χ2v) is 38.6. The number of amidine groups is 2. The summed E-state index contributed by atoms with van der Waals surface area (Å²) in [6, 6.07) is 158. The van der Waals surface area contributed by atoms with Crippen LogP contribution in [-0.4, -0.2) is 53.2 Å². The van der Waals surface area contributed by atoms with Crippen LogP contribution in [0, 0.1) is 11.5 Å². The summed E-state index contributed by atoms with van der Waals surface area (Å²) >= 11 is 0. The van der Waals surface area contributed by atoms with Crippen molar-refractivity contribution in [1.82, 2.24) is 28.7 Å². The largest absolute Gasteiger partial charge is 1.00 e. The molecule has 0 fully saturated rings. The minimum atomic E-state index is -1.22. The summed E-state index contributed by atoms with van der Waals surface area (Å²) in [6.07, 6.45) is 12.7. The van der Waals surface area contributed by atoms with Crippen LogP contribution in [0.4, 0.5) is 0 Å². The van der Waals surface area contributed by atoms with E-state index in [4.69, 9.17) is 21.0 Å². The Balaban J connectivity index is 0.000000113. The number of aliphatic hydroxyl groups is 1. The Bertz CT molecular complexity index is 8610. The second-order valence-electron chi connectivity index (χ2n) is 34.7. The molecule has 0 aliphatic carbocycles. The number of imidazole rings is 3. The van der Waals surface area contributed by atoms with E-state index in [1.807, 2.05) is 79.0 Å². The van der Waals surface area contributed by atoms with Crippen molar-refractivity contribution in [2.75, 3.05) is 0 Å². The van der Waals surface area contributed by atoms with Crippen LogP contribution in [0.25, 0.3) is 111 Å². The van der Waals surface area contributed by atoms with E-state index >= 15 is 0 Å². The Kier molecular flexibility index (Phi) is 32.5. The van der Waals surface area contributed by atoms with Gasteiger partial charge in [-0.15, -0.1) is 41.9 Å². The Morgan fingerprint density at radius 1 is 0.507 bits per heavy atom. The molecule has 0 spiro atoms. The zero-order chi connectivity index (χ0) is 97.9. The molecule has 4 aliphatic rings. The van der Waals surface area contributed by atoms with E-state index in [1.165, 1.54) is 168 Å². The number of para-hydroxylation sites is 10. The molecular weight excluding hydrogens is 2060 g/mol. The number of nitrogens with zero attached hydrogens (tertiary/aromatic N) is 9. The third-order valence-electron chi connectivity index (χ3n) is 25.3. The van der Waals surface area contributed by atoms with Crippen LogP contribution in [0.2, 0.25) is 0 Å². The molecule has 16 aromatic carbocycles. The van der Waals surface area contributed by atoms with E-state index in [0.717, 1.165) is 48.9 Å². The zero-order valence-corrected chi connectivity index (χ0v) is 85.4. The van der Waals surface area contributed by atoms with Crippen LogP contribution in [-0.2, 0) is 69.1 Å². The molecule has 4 aliphatic heterocycles. The van der Waals surface area contributed by atoms with Gasteiger partial charge >= 0.3 is 17.1 Å². The Morgan fingerprint density at radius 2 is 1.05 bits per heavy atom. The summed E-state index contributed by atoms with van der Waals surface area (Å²) in [5, 5.41) is 32.7. The summed E-state index contributed by atoms with van der Waals surface area (Å²) in [6.45, 7) is 6.66. The number of carbonyl (C=O) groups excluding carboxylic acids is 1. The van der Waals surface area contributed by atoms with E-state index < -0.39 is 7.92 Å². The van der Waals surface area contributed by atoms with Crippen molar-refractivity contribution < 1.29 is 66.5 Å². The number of ether oxygens (including phenoxy) is 1. The zero-order valence-electron chi connectivity index (χ0n) is 80.2. The Labute approximate surface area is 877 Å². The van der Waals surface area contributed by atoms with Crippen molar-refractivity contribution in [1.29, 1.82) is 5.41 Å².